The molecule has 0 aliphatic carbocycles. The van der Waals surface area contributed by atoms with Gasteiger partial charge in [-0.15, -0.1) is 0 Å². The predicted octanol–water partition coefficient (Wildman–Crippen LogP) is 3.91. The van der Waals surface area contributed by atoms with Crippen LogP contribution >= 0.6 is 0 Å². The second-order valence-corrected chi connectivity index (χ2v) is 7.42. The quantitative estimate of drug-likeness (QED) is 0.840. The van der Waals surface area contributed by atoms with Gasteiger partial charge in [-0.1, -0.05) is 36.4 Å². The number of anilines is 2. The molecule has 2 aromatic carbocycles. The van der Waals surface area contributed by atoms with Crippen molar-refractivity contribution in [2.24, 2.45) is 0 Å². The highest BCUT2D eigenvalue weighted by atomic mass is 16.7. The van der Waals surface area contributed by atoms with Crippen LogP contribution in [0.2, 0.25) is 0 Å². The van der Waals surface area contributed by atoms with Crippen molar-refractivity contribution < 1.29 is 9.63 Å². The number of carbonyl (C=O) groups excluding carboxylic acids is 1. The molecule has 0 radical (unpaired) electrons. The zero-order valence-corrected chi connectivity index (χ0v) is 14.3. The highest BCUT2D eigenvalue weighted by Gasteiger charge is 2.54. The van der Waals surface area contributed by atoms with Crippen LogP contribution in [0.15, 0.2) is 54.6 Å². The lowest BCUT2D eigenvalue weighted by molar-refractivity contribution is -0.122. The molecule has 4 heteroatoms. The third-order valence-corrected chi connectivity index (χ3v) is 4.89. The van der Waals surface area contributed by atoms with Gasteiger partial charge in [0.05, 0.1) is 23.3 Å². The number of hydrogen-bond donors (Lipinski definition) is 0. The third-order valence-electron chi connectivity index (χ3n) is 4.89. The van der Waals surface area contributed by atoms with E-state index in [1.807, 2.05) is 71.5 Å². The van der Waals surface area contributed by atoms with Crippen LogP contribution in [-0.2, 0) is 16.1 Å². The van der Waals surface area contributed by atoms with Gasteiger partial charge in [0.2, 0.25) is 5.91 Å². The number of amides is 1. The molecule has 0 N–H and O–H groups in total. The lowest BCUT2D eigenvalue weighted by Crippen LogP contribution is -2.49. The molecule has 0 spiro atoms. The Hall–Kier alpha value is -2.33. The molecule has 4 nitrogen and oxygen atoms in total. The largest absolute Gasteiger partial charge is 0.280 e. The number of fused-ring (bicyclic) bond motifs is 1. The summed E-state index contributed by atoms with van der Waals surface area (Å²) in [5, 5.41) is 1.95. The van der Waals surface area contributed by atoms with Crippen LogP contribution in [0.25, 0.3) is 0 Å². The molecule has 124 valence electrons. The molecule has 1 fully saturated rings. The van der Waals surface area contributed by atoms with Gasteiger partial charge in [0, 0.05) is 6.42 Å². The van der Waals surface area contributed by atoms with Gasteiger partial charge in [0.25, 0.3) is 0 Å². The van der Waals surface area contributed by atoms with Crippen LogP contribution in [0.3, 0.4) is 0 Å². The predicted molar refractivity (Wildman–Crippen MR) is 94.7 cm³/mol. The lowest BCUT2D eigenvalue weighted by atomic mass is 9.93. The van der Waals surface area contributed by atoms with Crippen molar-refractivity contribution >= 4 is 17.3 Å². The highest BCUT2D eigenvalue weighted by molar-refractivity contribution is 6.02. The minimum Gasteiger partial charge on any atom is -0.280 e. The second-order valence-electron chi connectivity index (χ2n) is 7.42. The van der Waals surface area contributed by atoms with Crippen molar-refractivity contribution in [3.05, 3.63) is 60.2 Å². The fourth-order valence-corrected chi connectivity index (χ4v) is 4.09. The van der Waals surface area contributed by atoms with Gasteiger partial charge < -0.3 is 0 Å². The number of rotatable bonds is 2. The molecule has 0 bridgehead atoms. The summed E-state index contributed by atoms with van der Waals surface area (Å²) < 4.78 is 0. The van der Waals surface area contributed by atoms with Crippen molar-refractivity contribution in [3.8, 4) is 0 Å². The Morgan fingerprint density at radius 1 is 0.958 bits per heavy atom. The second kappa shape index (κ2) is 5.08. The van der Waals surface area contributed by atoms with E-state index in [1.54, 1.807) is 0 Å². The number of hydrogen-bond acceptors (Lipinski definition) is 3. The average molecular weight is 322 g/mol. The van der Waals surface area contributed by atoms with Gasteiger partial charge in [-0.05, 0) is 44.5 Å². The van der Waals surface area contributed by atoms with Gasteiger partial charge in [-0.3, -0.25) is 9.69 Å². The number of benzene rings is 2. The smallest absolute Gasteiger partial charge is 0.233 e. The molecule has 2 aliphatic rings. The van der Waals surface area contributed by atoms with Crippen molar-refractivity contribution in [3.63, 3.8) is 0 Å². The first kappa shape index (κ1) is 15.2. The van der Waals surface area contributed by atoms with Crippen LogP contribution in [0.1, 0.15) is 32.8 Å². The fourth-order valence-electron chi connectivity index (χ4n) is 4.09. The van der Waals surface area contributed by atoms with E-state index in [-0.39, 0.29) is 11.4 Å². The van der Waals surface area contributed by atoms with E-state index in [1.165, 1.54) is 0 Å². The SMILES string of the molecule is CC1(C)C[C@](C)(N2C(=O)Cc3ccccc32)ON1c1ccccc1. The van der Waals surface area contributed by atoms with E-state index < -0.39 is 5.72 Å². The maximum Gasteiger partial charge on any atom is 0.233 e. The number of hydroxylamine groups is 1. The van der Waals surface area contributed by atoms with E-state index >= 15 is 0 Å². The first-order valence-corrected chi connectivity index (χ1v) is 8.36. The summed E-state index contributed by atoms with van der Waals surface area (Å²) in [7, 11) is 0. The summed E-state index contributed by atoms with van der Waals surface area (Å²) in [5.74, 6) is 0.101. The van der Waals surface area contributed by atoms with E-state index in [0.29, 0.717) is 6.42 Å². The maximum atomic E-state index is 12.7. The summed E-state index contributed by atoms with van der Waals surface area (Å²) in [6.45, 7) is 6.31. The van der Waals surface area contributed by atoms with Gasteiger partial charge in [-0.2, -0.15) is 0 Å². The molecule has 0 unspecified atom stereocenters. The Bertz CT molecular complexity index is 787. The van der Waals surface area contributed by atoms with Gasteiger partial charge >= 0.3 is 0 Å². The lowest BCUT2D eigenvalue weighted by Gasteiger charge is -2.35. The molecular weight excluding hydrogens is 300 g/mol. The van der Waals surface area contributed by atoms with Crippen molar-refractivity contribution in [2.75, 3.05) is 9.96 Å². The molecule has 2 aliphatic heterocycles. The average Bonchev–Trinajstić information content (AvgIpc) is 3.01. The van der Waals surface area contributed by atoms with Crippen molar-refractivity contribution in [1.29, 1.82) is 0 Å². The van der Waals surface area contributed by atoms with Crippen LogP contribution in [0.5, 0.6) is 0 Å². The van der Waals surface area contributed by atoms with Gasteiger partial charge in [-0.25, -0.2) is 9.90 Å². The summed E-state index contributed by atoms with van der Waals surface area (Å²) in [4.78, 5) is 20.9. The van der Waals surface area contributed by atoms with Crippen LogP contribution < -0.4 is 9.96 Å². The molecule has 2 aromatic rings. The molecule has 24 heavy (non-hydrogen) atoms. The molecular formula is C20H22N2O2. The fraction of sp³-hybridized carbons (Fsp3) is 0.350. The monoisotopic (exact) mass is 322 g/mol. The highest BCUT2D eigenvalue weighted by Crippen LogP contribution is 2.46. The molecule has 0 aromatic heterocycles. The Kier molecular flexibility index (Phi) is 3.22. The standard InChI is InChI=1S/C20H22N2O2/c1-19(2)14-20(3,24-22(19)16-10-5-4-6-11-16)21-17-12-8-7-9-15(17)13-18(21)23/h4-12H,13-14H2,1-3H3/t20-/m1/s1. The zero-order valence-electron chi connectivity index (χ0n) is 14.3. The van der Waals surface area contributed by atoms with Crippen molar-refractivity contribution in [2.45, 2.75) is 44.9 Å². The van der Waals surface area contributed by atoms with E-state index in [0.717, 1.165) is 23.4 Å². The summed E-state index contributed by atoms with van der Waals surface area (Å²) >= 11 is 0. The Balaban J connectivity index is 1.73. The third kappa shape index (κ3) is 2.21. The first-order chi connectivity index (χ1) is 11.4. The molecule has 2 heterocycles. The van der Waals surface area contributed by atoms with E-state index in [2.05, 4.69) is 13.8 Å². The van der Waals surface area contributed by atoms with E-state index in [9.17, 15) is 4.79 Å². The molecule has 0 saturated carbocycles. The minimum absolute atomic E-state index is 0.101. The normalized spacial score (nSPS) is 25.2. The number of carbonyl (C=O) groups is 1. The van der Waals surface area contributed by atoms with Crippen LogP contribution in [0, 0.1) is 0 Å². The van der Waals surface area contributed by atoms with Crippen LogP contribution in [-0.4, -0.2) is 17.2 Å². The topological polar surface area (TPSA) is 32.8 Å². The molecule has 1 atom stereocenters. The Morgan fingerprint density at radius 3 is 2.38 bits per heavy atom. The van der Waals surface area contributed by atoms with Gasteiger partial charge in [0.15, 0.2) is 5.72 Å². The van der Waals surface area contributed by atoms with Gasteiger partial charge in [0.1, 0.15) is 0 Å². The molecule has 4 rings (SSSR count). The minimum atomic E-state index is -0.691. The first-order valence-electron chi connectivity index (χ1n) is 8.36. The Morgan fingerprint density at radius 2 is 1.62 bits per heavy atom. The Labute approximate surface area is 142 Å². The maximum absolute atomic E-state index is 12.7. The summed E-state index contributed by atoms with van der Waals surface area (Å²) in [6, 6.07) is 18.0. The molecule has 1 amide bonds. The van der Waals surface area contributed by atoms with Crippen molar-refractivity contribution in [1.82, 2.24) is 0 Å². The van der Waals surface area contributed by atoms with Crippen LogP contribution in [0.4, 0.5) is 11.4 Å². The zero-order chi connectivity index (χ0) is 16.9. The summed E-state index contributed by atoms with van der Waals surface area (Å²) in [5.41, 5.74) is 2.14. The number of para-hydroxylation sites is 2. The molecule has 1 saturated heterocycles. The van der Waals surface area contributed by atoms with E-state index in [4.69, 9.17) is 4.84 Å². The number of nitrogens with zero attached hydrogens (tertiary/aromatic N) is 2. The summed E-state index contributed by atoms with van der Waals surface area (Å²) in [6.07, 6.45) is 1.18.